The fraction of sp³-hybridized carbons (Fsp3) is 0.364. The molecule has 0 radical (unpaired) electrons. The highest BCUT2D eigenvalue weighted by Crippen LogP contribution is 2.38. The quantitative estimate of drug-likeness (QED) is 0.162. The van der Waals surface area contributed by atoms with Crippen LogP contribution in [0.15, 0.2) is 60.8 Å². The van der Waals surface area contributed by atoms with Gasteiger partial charge in [-0.3, -0.25) is 4.79 Å². The Morgan fingerprint density at radius 3 is 2.29 bits per heavy atom. The van der Waals surface area contributed by atoms with Gasteiger partial charge in [-0.05, 0) is 80.9 Å². The Hall–Kier alpha value is -3.39. The number of para-hydroxylation sites is 1. The number of aryl methyl sites for hydroxylation is 1. The molecule has 1 atom stereocenters. The molecule has 1 aromatic heterocycles. The minimum Gasteiger partial charge on any atom is -0.493 e. The van der Waals surface area contributed by atoms with Gasteiger partial charge >= 0.3 is 0 Å². The zero-order valence-corrected chi connectivity index (χ0v) is 26.4. The average molecular weight is 613 g/mol. The number of hydrogen-bond donors (Lipinski definition) is 1. The second-order valence-electron chi connectivity index (χ2n) is 10.5. The molecular formula is C33H39Cl2N3O4. The van der Waals surface area contributed by atoms with Crippen molar-refractivity contribution in [2.24, 2.45) is 0 Å². The van der Waals surface area contributed by atoms with Crippen LogP contribution in [0.2, 0.25) is 10.0 Å². The van der Waals surface area contributed by atoms with Gasteiger partial charge in [0.2, 0.25) is 5.75 Å². The second-order valence-corrected chi connectivity index (χ2v) is 11.3. The lowest BCUT2D eigenvalue weighted by atomic mass is 9.94. The van der Waals surface area contributed by atoms with Crippen LogP contribution in [-0.2, 0) is 6.42 Å². The lowest BCUT2D eigenvalue weighted by molar-refractivity contribution is 0.0782. The normalized spacial score (nSPS) is 12.0. The number of carbonyl (C=O) groups excluding carboxylic acids is 1. The monoisotopic (exact) mass is 611 g/mol. The summed E-state index contributed by atoms with van der Waals surface area (Å²) in [5, 5.41) is 2.31. The number of ether oxygens (including phenoxy) is 3. The number of aromatic amines is 1. The molecule has 0 fully saturated rings. The summed E-state index contributed by atoms with van der Waals surface area (Å²) < 4.78 is 16.3. The first-order chi connectivity index (χ1) is 20.2. The molecule has 42 heavy (non-hydrogen) atoms. The molecule has 9 heteroatoms. The molecule has 7 nitrogen and oxygen atoms in total. The van der Waals surface area contributed by atoms with E-state index in [1.54, 1.807) is 24.1 Å². The van der Waals surface area contributed by atoms with Gasteiger partial charge < -0.3 is 29.0 Å². The molecule has 0 aliphatic carbocycles. The third kappa shape index (κ3) is 7.51. The van der Waals surface area contributed by atoms with Crippen LogP contribution in [0.4, 0.5) is 0 Å². The maximum absolute atomic E-state index is 13.6. The van der Waals surface area contributed by atoms with E-state index < -0.39 is 0 Å². The van der Waals surface area contributed by atoms with Gasteiger partial charge in [-0.25, -0.2) is 0 Å². The number of nitrogens with one attached hydrogen (secondary N) is 1. The van der Waals surface area contributed by atoms with Crippen molar-refractivity contribution < 1.29 is 19.0 Å². The molecule has 0 aliphatic rings. The summed E-state index contributed by atoms with van der Waals surface area (Å²) >= 11 is 12.6. The molecule has 0 bridgehead atoms. The highest BCUT2D eigenvalue weighted by atomic mass is 35.5. The molecule has 3 aromatic carbocycles. The molecule has 224 valence electrons. The van der Waals surface area contributed by atoms with Gasteiger partial charge in [0, 0.05) is 42.2 Å². The summed E-state index contributed by atoms with van der Waals surface area (Å²) in [7, 11) is 8.56. The van der Waals surface area contributed by atoms with E-state index >= 15 is 0 Å². The molecule has 1 amide bonds. The summed E-state index contributed by atoms with van der Waals surface area (Å²) in [5.74, 6) is 1.21. The smallest absolute Gasteiger partial charge is 0.253 e. The number of benzene rings is 3. The number of rotatable bonds is 14. The van der Waals surface area contributed by atoms with Crippen molar-refractivity contribution in [3.63, 3.8) is 0 Å². The van der Waals surface area contributed by atoms with E-state index in [0.717, 1.165) is 37.9 Å². The first kappa shape index (κ1) is 31.5. The third-order valence-corrected chi connectivity index (χ3v) is 8.43. The van der Waals surface area contributed by atoms with E-state index in [1.807, 2.05) is 18.2 Å². The van der Waals surface area contributed by atoms with Gasteiger partial charge in [-0.15, -0.1) is 0 Å². The van der Waals surface area contributed by atoms with Crippen LogP contribution in [0.25, 0.3) is 10.9 Å². The number of likely N-dealkylation sites (N-methyl/N-ethyl adjacent to an activating group) is 1. The van der Waals surface area contributed by atoms with Gasteiger partial charge in [0.25, 0.3) is 5.91 Å². The number of nitrogens with zero attached hydrogens (tertiary/aromatic N) is 2. The van der Waals surface area contributed by atoms with Crippen molar-refractivity contribution in [3.8, 4) is 17.2 Å². The topological polar surface area (TPSA) is 67.0 Å². The summed E-state index contributed by atoms with van der Waals surface area (Å²) in [5.41, 5.74) is 4.02. The third-order valence-electron chi connectivity index (χ3n) is 7.69. The van der Waals surface area contributed by atoms with Crippen molar-refractivity contribution in [2.45, 2.75) is 25.2 Å². The molecule has 0 saturated heterocycles. The summed E-state index contributed by atoms with van der Waals surface area (Å²) in [6.07, 6.45) is 5.02. The molecule has 0 aliphatic heterocycles. The van der Waals surface area contributed by atoms with E-state index in [2.05, 4.69) is 47.4 Å². The number of methoxy groups -OCH3 is 3. The maximum atomic E-state index is 13.6. The Labute approximate surface area is 258 Å². The van der Waals surface area contributed by atoms with E-state index in [1.165, 1.54) is 37.8 Å². The standard InChI is InChI=1S/C33H39Cl2N3O4/c1-37(15-8-9-23-20-36-29-11-7-6-10-26(23)29)16-14-24(22-12-13-27(34)28(35)17-22)21-38(2)33(39)25-18-30(40-3)32(42-5)31(19-25)41-4/h6-7,10-13,17-20,24,36H,8-9,14-16,21H2,1-5H3. The van der Waals surface area contributed by atoms with E-state index in [4.69, 9.17) is 37.4 Å². The molecule has 1 N–H and O–H groups in total. The minimum atomic E-state index is -0.147. The number of hydrogen-bond acceptors (Lipinski definition) is 5. The summed E-state index contributed by atoms with van der Waals surface area (Å²) in [4.78, 5) is 21.0. The Bertz CT molecular complexity index is 1480. The number of halogens is 2. The van der Waals surface area contributed by atoms with Crippen LogP contribution in [-0.4, -0.2) is 75.7 Å². The minimum absolute atomic E-state index is 0.0480. The highest BCUT2D eigenvalue weighted by Gasteiger charge is 2.23. The second kappa shape index (κ2) is 14.7. The predicted octanol–water partition coefficient (Wildman–Crippen LogP) is 7.31. The number of amides is 1. The van der Waals surface area contributed by atoms with Gasteiger partial charge in [0.1, 0.15) is 0 Å². The van der Waals surface area contributed by atoms with Gasteiger partial charge in [-0.2, -0.15) is 0 Å². The van der Waals surface area contributed by atoms with Crippen molar-refractivity contribution in [1.82, 2.24) is 14.8 Å². The summed E-state index contributed by atoms with van der Waals surface area (Å²) in [6, 6.07) is 17.5. The van der Waals surface area contributed by atoms with Crippen molar-refractivity contribution in [1.29, 1.82) is 0 Å². The Morgan fingerprint density at radius 2 is 1.62 bits per heavy atom. The average Bonchev–Trinajstić information content (AvgIpc) is 3.42. The highest BCUT2D eigenvalue weighted by molar-refractivity contribution is 6.42. The summed E-state index contributed by atoms with van der Waals surface area (Å²) in [6.45, 7) is 2.33. The lowest BCUT2D eigenvalue weighted by Gasteiger charge is -2.27. The molecule has 4 rings (SSSR count). The van der Waals surface area contributed by atoms with E-state index in [9.17, 15) is 4.79 Å². The van der Waals surface area contributed by atoms with Crippen LogP contribution in [0.3, 0.4) is 0 Å². The van der Waals surface area contributed by atoms with Gasteiger partial charge in [0.05, 0.1) is 31.4 Å². The van der Waals surface area contributed by atoms with Crippen molar-refractivity contribution in [3.05, 3.63) is 87.5 Å². The number of fused-ring (bicyclic) bond motifs is 1. The van der Waals surface area contributed by atoms with Crippen molar-refractivity contribution in [2.75, 3.05) is 55.1 Å². The molecule has 0 spiro atoms. The Morgan fingerprint density at radius 1 is 0.905 bits per heavy atom. The molecule has 1 unspecified atom stereocenters. The Balaban J connectivity index is 1.43. The first-order valence-electron chi connectivity index (χ1n) is 14.0. The van der Waals surface area contributed by atoms with Crippen LogP contribution < -0.4 is 14.2 Å². The molecule has 0 saturated carbocycles. The molecule has 1 heterocycles. The zero-order chi connectivity index (χ0) is 30.2. The zero-order valence-electron chi connectivity index (χ0n) is 24.9. The van der Waals surface area contributed by atoms with Crippen LogP contribution in [0, 0.1) is 0 Å². The van der Waals surface area contributed by atoms with Gasteiger partial charge in [-0.1, -0.05) is 47.5 Å². The SMILES string of the molecule is COc1cc(C(=O)N(C)CC(CCN(C)CCCc2c[nH]c3ccccc23)c2ccc(Cl)c(Cl)c2)cc(OC)c1OC. The fourth-order valence-corrected chi connectivity index (χ4v) is 5.64. The van der Waals surface area contributed by atoms with Crippen molar-refractivity contribution >= 4 is 40.0 Å². The van der Waals surface area contributed by atoms with Gasteiger partial charge in [0.15, 0.2) is 11.5 Å². The lowest BCUT2D eigenvalue weighted by Crippen LogP contribution is -2.33. The largest absolute Gasteiger partial charge is 0.493 e. The van der Waals surface area contributed by atoms with E-state index in [0.29, 0.717) is 39.4 Å². The number of carbonyl (C=O) groups is 1. The van der Waals surface area contributed by atoms with E-state index in [-0.39, 0.29) is 11.8 Å². The van der Waals surface area contributed by atoms with Crippen LogP contribution in [0.5, 0.6) is 17.2 Å². The molecular weight excluding hydrogens is 573 g/mol. The molecule has 4 aromatic rings. The fourth-order valence-electron chi connectivity index (χ4n) is 5.33. The number of H-pyrrole nitrogens is 1. The van der Waals surface area contributed by atoms with Crippen LogP contribution >= 0.6 is 23.2 Å². The Kier molecular flexibility index (Phi) is 11.0. The maximum Gasteiger partial charge on any atom is 0.253 e. The van der Waals surface area contributed by atoms with Crippen LogP contribution in [0.1, 0.15) is 40.2 Å². The predicted molar refractivity (Wildman–Crippen MR) is 171 cm³/mol. The number of aromatic nitrogens is 1. The first-order valence-corrected chi connectivity index (χ1v) is 14.7.